The van der Waals surface area contributed by atoms with Crippen molar-refractivity contribution in [1.29, 1.82) is 0 Å². The standard InChI is InChI=1S/C21H18N4O2S/c1-15-8-10-17(11-9-15)18-5-3-7-20(13-18)28(26,27)14-16-4-2-6-19(12-16)21-22-24-25-23-21/h2-13H,14H2,1H3,(H,22,23,24,25). The Balaban J connectivity index is 1.63. The van der Waals surface area contributed by atoms with Crippen LogP contribution in [0.3, 0.4) is 0 Å². The van der Waals surface area contributed by atoms with E-state index in [0.717, 1.165) is 22.3 Å². The monoisotopic (exact) mass is 390 g/mol. The smallest absolute Gasteiger partial charge is 0.204 e. The SMILES string of the molecule is Cc1ccc(-c2cccc(S(=O)(=O)Cc3cccc(-c4nn[nH]n4)c3)c2)cc1. The second-order valence-corrected chi connectivity index (χ2v) is 8.58. The zero-order chi connectivity index (χ0) is 19.6. The Morgan fingerprint density at radius 2 is 1.61 bits per heavy atom. The molecule has 1 heterocycles. The van der Waals surface area contributed by atoms with Crippen LogP contribution >= 0.6 is 0 Å². The molecule has 3 aromatic carbocycles. The lowest BCUT2D eigenvalue weighted by molar-refractivity contribution is 0.595. The van der Waals surface area contributed by atoms with Crippen LogP contribution in [-0.2, 0) is 15.6 Å². The Labute approximate surface area is 163 Å². The normalized spacial score (nSPS) is 11.5. The van der Waals surface area contributed by atoms with Crippen LogP contribution in [0.1, 0.15) is 11.1 Å². The summed E-state index contributed by atoms with van der Waals surface area (Å²) >= 11 is 0. The topological polar surface area (TPSA) is 88.6 Å². The number of nitrogens with zero attached hydrogens (tertiary/aromatic N) is 3. The summed E-state index contributed by atoms with van der Waals surface area (Å²) in [5.41, 5.74) is 4.41. The molecule has 1 N–H and O–H groups in total. The van der Waals surface area contributed by atoms with E-state index in [1.807, 2.05) is 43.3 Å². The van der Waals surface area contributed by atoms with Crippen molar-refractivity contribution in [3.8, 4) is 22.5 Å². The molecule has 1 aromatic heterocycles. The zero-order valence-electron chi connectivity index (χ0n) is 15.2. The van der Waals surface area contributed by atoms with E-state index >= 15 is 0 Å². The lowest BCUT2D eigenvalue weighted by atomic mass is 10.0. The van der Waals surface area contributed by atoms with Gasteiger partial charge in [0, 0.05) is 5.56 Å². The van der Waals surface area contributed by atoms with Gasteiger partial charge in [0.25, 0.3) is 0 Å². The van der Waals surface area contributed by atoms with Crippen molar-refractivity contribution in [3.63, 3.8) is 0 Å². The van der Waals surface area contributed by atoms with Crippen molar-refractivity contribution < 1.29 is 8.42 Å². The van der Waals surface area contributed by atoms with Crippen molar-refractivity contribution in [3.05, 3.63) is 83.9 Å². The summed E-state index contributed by atoms with van der Waals surface area (Å²) in [7, 11) is -3.50. The van der Waals surface area contributed by atoms with E-state index in [4.69, 9.17) is 0 Å². The van der Waals surface area contributed by atoms with Crippen molar-refractivity contribution >= 4 is 9.84 Å². The number of H-pyrrole nitrogens is 1. The molecule has 0 aliphatic heterocycles. The van der Waals surface area contributed by atoms with Crippen molar-refractivity contribution in [1.82, 2.24) is 20.6 Å². The van der Waals surface area contributed by atoms with Gasteiger partial charge < -0.3 is 0 Å². The van der Waals surface area contributed by atoms with Crippen LogP contribution in [0.25, 0.3) is 22.5 Å². The van der Waals surface area contributed by atoms with Crippen molar-refractivity contribution in [2.24, 2.45) is 0 Å². The highest BCUT2D eigenvalue weighted by Gasteiger charge is 2.17. The molecule has 28 heavy (non-hydrogen) atoms. The van der Waals surface area contributed by atoms with Crippen LogP contribution in [-0.4, -0.2) is 29.0 Å². The summed E-state index contributed by atoms with van der Waals surface area (Å²) in [6.07, 6.45) is 0. The molecule has 140 valence electrons. The third-order valence-electron chi connectivity index (χ3n) is 4.47. The molecule has 4 rings (SSSR count). The molecule has 0 aliphatic rings. The van der Waals surface area contributed by atoms with E-state index < -0.39 is 9.84 Å². The number of sulfone groups is 1. The quantitative estimate of drug-likeness (QED) is 0.560. The highest BCUT2D eigenvalue weighted by molar-refractivity contribution is 7.90. The molecule has 7 heteroatoms. The van der Waals surface area contributed by atoms with E-state index in [1.165, 1.54) is 0 Å². The molecule has 6 nitrogen and oxygen atoms in total. The lowest BCUT2D eigenvalue weighted by Gasteiger charge is -2.08. The summed E-state index contributed by atoms with van der Waals surface area (Å²) in [6, 6.07) is 22.2. The fourth-order valence-corrected chi connectivity index (χ4v) is 4.38. The van der Waals surface area contributed by atoms with E-state index in [0.29, 0.717) is 16.3 Å². The Morgan fingerprint density at radius 1 is 0.857 bits per heavy atom. The van der Waals surface area contributed by atoms with Crippen molar-refractivity contribution in [2.75, 3.05) is 0 Å². The van der Waals surface area contributed by atoms with Gasteiger partial charge in [-0.15, -0.1) is 10.2 Å². The Bertz CT molecular complexity index is 1200. The highest BCUT2D eigenvalue weighted by atomic mass is 32.2. The average Bonchev–Trinajstić information content (AvgIpc) is 3.23. The van der Waals surface area contributed by atoms with E-state index in [9.17, 15) is 8.42 Å². The minimum absolute atomic E-state index is 0.101. The summed E-state index contributed by atoms with van der Waals surface area (Å²) < 4.78 is 26.0. The van der Waals surface area contributed by atoms with Crippen LogP contribution in [0.15, 0.2) is 77.7 Å². The maximum absolute atomic E-state index is 13.0. The first-order valence-corrected chi connectivity index (χ1v) is 10.4. The molecule has 4 aromatic rings. The Kier molecular flexibility index (Phi) is 4.75. The molecule has 0 unspecified atom stereocenters. The average molecular weight is 390 g/mol. The molecule has 0 fully saturated rings. The number of rotatable bonds is 5. The molecule has 0 saturated carbocycles. The minimum Gasteiger partial charge on any atom is -0.223 e. The van der Waals surface area contributed by atoms with Gasteiger partial charge in [-0.2, -0.15) is 5.21 Å². The molecular formula is C21H18N4O2S. The molecule has 0 atom stereocenters. The predicted molar refractivity (Wildman–Crippen MR) is 107 cm³/mol. The third kappa shape index (κ3) is 3.84. The molecule has 0 bridgehead atoms. The largest absolute Gasteiger partial charge is 0.223 e. The van der Waals surface area contributed by atoms with Gasteiger partial charge in [-0.25, -0.2) is 8.42 Å². The van der Waals surface area contributed by atoms with Gasteiger partial charge in [0.15, 0.2) is 9.84 Å². The maximum Gasteiger partial charge on any atom is 0.204 e. The zero-order valence-corrected chi connectivity index (χ0v) is 16.0. The summed E-state index contributed by atoms with van der Waals surface area (Å²) in [4.78, 5) is 0.301. The number of aromatic amines is 1. The molecular weight excluding hydrogens is 372 g/mol. The molecule has 0 amide bonds. The minimum atomic E-state index is -3.50. The number of aromatic nitrogens is 4. The van der Waals surface area contributed by atoms with E-state index in [1.54, 1.807) is 36.4 Å². The number of aryl methyl sites for hydroxylation is 1. The first kappa shape index (κ1) is 18.1. The number of tetrazole rings is 1. The van der Waals surface area contributed by atoms with Gasteiger partial charge in [0.05, 0.1) is 10.6 Å². The van der Waals surface area contributed by atoms with E-state index in [2.05, 4.69) is 20.6 Å². The predicted octanol–water partition coefficient (Wildman–Crippen LogP) is 3.82. The summed E-state index contributed by atoms with van der Waals surface area (Å²) in [5.74, 6) is 0.330. The van der Waals surface area contributed by atoms with Gasteiger partial charge in [-0.1, -0.05) is 60.2 Å². The van der Waals surface area contributed by atoms with Crippen LogP contribution in [0, 0.1) is 6.92 Å². The molecule has 0 saturated heterocycles. The Hall–Kier alpha value is -3.32. The van der Waals surface area contributed by atoms with Crippen LogP contribution in [0.4, 0.5) is 0 Å². The van der Waals surface area contributed by atoms with Crippen LogP contribution in [0.2, 0.25) is 0 Å². The second kappa shape index (κ2) is 7.36. The fourth-order valence-electron chi connectivity index (χ4n) is 3.00. The number of hydrogen-bond donors (Lipinski definition) is 1. The first-order chi connectivity index (χ1) is 13.5. The van der Waals surface area contributed by atoms with Gasteiger partial charge in [0.2, 0.25) is 5.82 Å². The maximum atomic E-state index is 13.0. The lowest BCUT2D eigenvalue weighted by Crippen LogP contribution is -2.05. The summed E-state index contributed by atoms with van der Waals surface area (Å²) in [6.45, 7) is 2.02. The molecule has 0 spiro atoms. The fraction of sp³-hybridized carbons (Fsp3) is 0.0952. The number of nitrogens with one attached hydrogen (secondary N) is 1. The van der Waals surface area contributed by atoms with Gasteiger partial charge in [-0.05, 0) is 47.0 Å². The van der Waals surface area contributed by atoms with Crippen molar-refractivity contribution in [2.45, 2.75) is 17.6 Å². The van der Waals surface area contributed by atoms with E-state index in [-0.39, 0.29) is 5.75 Å². The van der Waals surface area contributed by atoms with Gasteiger partial charge >= 0.3 is 0 Å². The number of benzene rings is 3. The summed E-state index contributed by atoms with van der Waals surface area (Å²) in [5, 5.41) is 13.8. The van der Waals surface area contributed by atoms with Gasteiger partial charge in [-0.3, -0.25) is 0 Å². The third-order valence-corrected chi connectivity index (χ3v) is 6.15. The second-order valence-electron chi connectivity index (χ2n) is 6.59. The van der Waals surface area contributed by atoms with Crippen LogP contribution < -0.4 is 0 Å². The first-order valence-electron chi connectivity index (χ1n) is 8.74. The molecule has 0 radical (unpaired) electrons. The highest BCUT2D eigenvalue weighted by Crippen LogP contribution is 2.25. The van der Waals surface area contributed by atoms with Gasteiger partial charge in [0.1, 0.15) is 0 Å². The van der Waals surface area contributed by atoms with Crippen LogP contribution in [0.5, 0.6) is 0 Å². The number of hydrogen-bond acceptors (Lipinski definition) is 5. The Morgan fingerprint density at radius 3 is 2.36 bits per heavy atom. The molecule has 0 aliphatic carbocycles.